The Balaban J connectivity index is 1.41. The predicted octanol–water partition coefficient (Wildman–Crippen LogP) is 5.51. The largest absolute Gasteiger partial charge is 0.480 e. The molecule has 4 rings (SSSR count). The number of nitrogens with one attached hydrogen (secondary N) is 1. The van der Waals surface area contributed by atoms with Crippen molar-refractivity contribution in [3.63, 3.8) is 0 Å². The molecule has 0 saturated heterocycles. The van der Waals surface area contributed by atoms with Gasteiger partial charge in [-0.2, -0.15) is 0 Å². The number of amides is 1. The van der Waals surface area contributed by atoms with E-state index in [4.69, 9.17) is 0 Å². The molecule has 0 fully saturated rings. The summed E-state index contributed by atoms with van der Waals surface area (Å²) in [4.78, 5) is 26.7. The molecule has 1 amide bonds. The molecule has 0 heterocycles. The lowest BCUT2D eigenvalue weighted by molar-refractivity contribution is -0.139. The summed E-state index contributed by atoms with van der Waals surface area (Å²) < 4.78 is 0. The average Bonchev–Trinajstić information content (AvgIpc) is 2.89. The molecular weight excluding hydrogens is 436 g/mol. The van der Waals surface area contributed by atoms with Crippen LogP contribution in [0.15, 0.2) is 103 Å². The van der Waals surface area contributed by atoms with Gasteiger partial charge in [0.25, 0.3) is 5.91 Å². The van der Waals surface area contributed by atoms with E-state index in [2.05, 4.69) is 5.32 Å². The van der Waals surface area contributed by atoms with Crippen molar-refractivity contribution in [1.82, 2.24) is 5.32 Å². The molecule has 0 aliphatic carbocycles. The Labute approximate surface area is 205 Å². The molecule has 2 N–H and O–H groups in total. The Morgan fingerprint density at radius 1 is 0.714 bits per heavy atom. The summed E-state index contributed by atoms with van der Waals surface area (Å²) in [5, 5.41) is 12.4. The Bertz CT molecular complexity index is 1280. The summed E-state index contributed by atoms with van der Waals surface area (Å²) >= 11 is 0. The van der Waals surface area contributed by atoms with Crippen LogP contribution in [0, 0.1) is 0 Å². The minimum Gasteiger partial charge on any atom is -0.480 e. The van der Waals surface area contributed by atoms with E-state index in [0.717, 1.165) is 33.5 Å². The molecule has 0 saturated carbocycles. The van der Waals surface area contributed by atoms with Gasteiger partial charge in [0.1, 0.15) is 6.04 Å². The van der Waals surface area contributed by atoms with Crippen LogP contribution in [0.5, 0.6) is 0 Å². The lowest BCUT2D eigenvalue weighted by Gasteiger charge is -2.15. The van der Waals surface area contributed by atoms with Crippen LogP contribution < -0.4 is 10.2 Å². The number of carbonyl (C=O) groups excluding carboxylic acids is 1. The fourth-order valence-corrected chi connectivity index (χ4v) is 3.91. The van der Waals surface area contributed by atoms with Crippen LogP contribution in [0.4, 0.5) is 5.69 Å². The van der Waals surface area contributed by atoms with E-state index in [1.165, 1.54) is 0 Å². The normalized spacial score (nSPS) is 11.5. The number of aliphatic carboxylic acids is 1. The molecule has 1 atom stereocenters. The molecular formula is C30H28N2O3. The predicted molar refractivity (Wildman–Crippen MR) is 141 cm³/mol. The zero-order chi connectivity index (χ0) is 24.8. The summed E-state index contributed by atoms with van der Waals surface area (Å²) in [7, 11) is 3.99. The van der Waals surface area contributed by atoms with Crippen LogP contribution in [-0.2, 0) is 11.2 Å². The molecule has 35 heavy (non-hydrogen) atoms. The van der Waals surface area contributed by atoms with Gasteiger partial charge in [0.15, 0.2) is 0 Å². The van der Waals surface area contributed by atoms with Gasteiger partial charge in [-0.3, -0.25) is 4.79 Å². The van der Waals surface area contributed by atoms with Gasteiger partial charge in [-0.1, -0.05) is 78.9 Å². The first-order valence-electron chi connectivity index (χ1n) is 11.5. The van der Waals surface area contributed by atoms with Gasteiger partial charge in [-0.15, -0.1) is 0 Å². The fourth-order valence-electron chi connectivity index (χ4n) is 3.91. The van der Waals surface area contributed by atoms with Crippen molar-refractivity contribution in [3.8, 4) is 22.3 Å². The molecule has 4 aromatic rings. The maximum Gasteiger partial charge on any atom is 0.326 e. The Morgan fingerprint density at radius 3 is 1.71 bits per heavy atom. The summed E-state index contributed by atoms with van der Waals surface area (Å²) in [5.41, 5.74) is 6.56. The highest BCUT2D eigenvalue weighted by atomic mass is 16.4. The van der Waals surface area contributed by atoms with Crippen LogP contribution in [0.25, 0.3) is 22.3 Å². The molecule has 5 nitrogen and oxygen atoms in total. The molecule has 176 valence electrons. The first-order valence-corrected chi connectivity index (χ1v) is 11.5. The summed E-state index contributed by atoms with van der Waals surface area (Å²) in [6, 6.07) is 32.0. The topological polar surface area (TPSA) is 69.6 Å². The van der Waals surface area contributed by atoms with Gasteiger partial charge in [0.2, 0.25) is 0 Å². The molecule has 0 aliphatic heterocycles. The van der Waals surface area contributed by atoms with Gasteiger partial charge in [0, 0.05) is 31.8 Å². The Kier molecular flexibility index (Phi) is 7.27. The highest BCUT2D eigenvalue weighted by molar-refractivity contribution is 5.97. The van der Waals surface area contributed by atoms with Gasteiger partial charge < -0.3 is 15.3 Å². The van der Waals surface area contributed by atoms with Crippen molar-refractivity contribution in [3.05, 3.63) is 114 Å². The van der Waals surface area contributed by atoms with E-state index in [9.17, 15) is 14.7 Å². The Hall–Kier alpha value is -4.38. The third-order valence-electron chi connectivity index (χ3n) is 5.97. The number of nitrogens with zero attached hydrogens (tertiary/aromatic N) is 1. The summed E-state index contributed by atoms with van der Waals surface area (Å²) in [6.45, 7) is 0. The summed E-state index contributed by atoms with van der Waals surface area (Å²) in [6.07, 6.45) is 0.201. The van der Waals surface area contributed by atoms with Crippen molar-refractivity contribution >= 4 is 17.6 Å². The van der Waals surface area contributed by atoms with Crippen LogP contribution in [0.1, 0.15) is 15.9 Å². The van der Waals surface area contributed by atoms with Gasteiger partial charge in [0.05, 0.1) is 0 Å². The monoisotopic (exact) mass is 464 g/mol. The maximum absolute atomic E-state index is 12.8. The second-order valence-electron chi connectivity index (χ2n) is 8.65. The number of anilines is 1. The van der Waals surface area contributed by atoms with E-state index in [0.29, 0.717) is 5.56 Å². The number of hydrogen-bond donors (Lipinski definition) is 2. The fraction of sp³-hybridized carbons (Fsp3) is 0.133. The highest BCUT2D eigenvalue weighted by Crippen LogP contribution is 2.23. The van der Waals surface area contributed by atoms with E-state index in [-0.39, 0.29) is 6.42 Å². The number of carbonyl (C=O) groups is 2. The van der Waals surface area contributed by atoms with Crippen molar-refractivity contribution in [2.45, 2.75) is 12.5 Å². The molecule has 0 radical (unpaired) electrons. The number of rotatable bonds is 8. The molecule has 0 aliphatic rings. The number of benzene rings is 4. The van der Waals surface area contributed by atoms with E-state index in [1.54, 1.807) is 12.1 Å². The van der Waals surface area contributed by atoms with Gasteiger partial charge in [-0.25, -0.2) is 4.79 Å². The third-order valence-corrected chi connectivity index (χ3v) is 5.97. The van der Waals surface area contributed by atoms with Crippen molar-refractivity contribution in [2.75, 3.05) is 19.0 Å². The standard InChI is InChI=1S/C30H28N2O3/c1-32(2)27-18-16-25(17-19-27)24-12-14-26(15-13-24)29(33)31-28(30(34)35)20-21-8-10-23(11-9-21)22-6-4-3-5-7-22/h3-19,28H,20H2,1-2H3,(H,31,33)(H,34,35)/t28-/m0/s1. The molecule has 0 aromatic heterocycles. The minimum absolute atomic E-state index is 0.201. The molecule has 0 spiro atoms. The van der Waals surface area contributed by atoms with Gasteiger partial charge >= 0.3 is 5.97 Å². The van der Waals surface area contributed by atoms with Crippen LogP contribution in [0.2, 0.25) is 0 Å². The number of carboxylic acids is 1. The smallest absolute Gasteiger partial charge is 0.326 e. The van der Waals surface area contributed by atoms with Crippen molar-refractivity contribution < 1.29 is 14.7 Å². The Morgan fingerprint density at radius 2 is 1.20 bits per heavy atom. The molecule has 0 unspecified atom stereocenters. The molecule has 5 heteroatoms. The summed E-state index contributed by atoms with van der Waals surface area (Å²) in [5.74, 6) is -1.48. The second kappa shape index (κ2) is 10.7. The van der Waals surface area contributed by atoms with Gasteiger partial charge in [-0.05, 0) is 52.1 Å². The van der Waals surface area contributed by atoms with Crippen LogP contribution in [-0.4, -0.2) is 37.1 Å². The molecule has 4 aromatic carbocycles. The number of hydrogen-bond acceptors (Lipinski definition) is 3. The second-order valence-corrected chi connectivity index (χ2v) is 8.65. The third kappa shape index (κ3) is 5.95. The lowest BCUT2D eigenvalue weighted by atomic mass is 10.00. The SMILES string of the molecule is CN(C)c1ccc(-c2ccc(C(=O)N[C@@H](Cc3ccc(-c4ccccc4)cc3)C(=O)O)cc2)cc1. The van der Waals surface area contributed by atoms with E-state index < -0.39 is 17.9 Å². The van der Waals surface area contributed by atoms with E-state index in [1.807, 2.05) is 110 Å². The van der Waals surface area contributed by atoms with E-state index >= 15 is 0 Å². The van der Waals surface area contributed by atoms with Crippen molar-refractivity contribution in [2.24, 2.45) is 0 Å². The highest BCUT2D eigenvalue weighted by Gasteiger charge is 2.21. The minimum atomic E-state index is -1.07. The maximum atomic E-state index is 12.8. The first-order chi connectivity index (χ1) is 16.9. The zero-order valence-corrected chi connectivity index (χ0v) is 19.8. The zero-order valence-electron chi connectivity index (χ0n) is 19.8. The molecule has 0 bridgehead atoms. The average molecular weight is 465 g/mol. The lowest BCUT2D eigenvalue weighted by Crippen LogP contribution is -2.42. The quantitative estimate of drug-likeness (QED) is 0.361. The van der Waals surface area contributed by atoms with Crippen molar-refractivity contribution in [1.29, 1.82) is 0 Å². The first kappa shape index (κ1) is 23.8. The van der Waals surface area contributed by atoms with Crippen LogP contribution in [0.3, 0.4) is 0 Å². The number of carboxylic acid groups (broad SMARTS) is 1. The van der Waals surface area contributed by atoms with Crippen LogP contribution >= 0.6 is 0 Å².